The second-order valence-electron chi connectivity index (χ2n) is 10.3. The Kier molecular flexibility index (Phi) is 4.87. The van der Waals surface area contributed by atoms with Crippen molar-refractivity contribution >= 4 is 22.7 Å². The number of nitrogens with one attached hydrogen (secondary N) is 3. The van der Waals surface area contributed by atoms with Crippen LogP contribution >= 0.6 is 0 Å². The molecule has 1 heterocycles. The molecule has 4 aliphatic rings. The molecule has 2 atom stereocenters. The SMILES string of the molecule is CC(=O)N[C@@H](Cc1c[nH]c2ccccc12)C(=O)NC(C)C12CC3CC(CC(C3)C1)C2. The van der Waals surface area contributed by atoms with Gasteiger partial charge < -0.3 is 15.6 Å². The maximum absolute atomic E-state index is 13.3. The highest BCUT2D eigenvalue weighted by atomic mass is 16.2. The minimum atomic E-state index is -0.557. The molecule has 4 bridgehead atoms. The first kappa shape index (κ1) is 19.7. The zero-order valence-electron chi connectivity index (χ0n) is 18.0. The van der Waals surface area contributed by atoms with Crippen molar-refractivity contribution in [3.8, 4) is 0 Å². The predicted molar refractivity (Wildman–Crippen MR) is 118 cm³/mol. The van der Waals surface area contributed by atoms with Crippen molar-refractivity contribution in [2.24, 2.45) is 23.2 Å². The molecule has 4 saturated carbocycles. The topological polar surface area (TPSA) is 74.0 Å². The van der Waals surface area contributed by atoms with Crippen LogP contribution in [0.25, 0.3) is 10.9 Å². The molecule has 0 saturated heterocycles. The Labute approximate surface area is 178 Å². The first-order valence-electron chi connectivity index (χ1n) is 11.5. The summed E-state index contributed by atoms with van der Waals surface area (Å²) in [6.45, 7) is 3.68. The molecule has 1 aromatic carbocycles. The monoisotopic (exact) mass is 407 g/mol. The van der Waals surface area contributed by atoms with Crippen molar-refractivity contribution in [3.05, 3.63) is 36.0 Å². The van der Waals surface area contributed by atoms with Gasteiger partial charge in [-0.3, -0.25) is 9.59 Å². The molecule has 6 rings (SSSR count). The zero-order valence-corrected chi connectivity index (χ0v) is 18.0. The Balaban J connectivity index is 1.32. The van der Waals surface area contributed by atoms with E-state index >= 15 is 0 Å². The van der Waals surface area contributed by atoms with Crippen molar-refractivity contribution in [2.45, 2.75) is 70.9 Å². The molecule has 2 amide bonds. The number of hydrogen-bond donors (Lipinski definition) is 3. The lowest BCUT2D eigenvalue weighted by Gasteiger charge is -2.59. The number of aromatic amines is 1. The van der Waals surface area contributed by atoms with E-state index in [-0.39, 0.29) is 23.3 Å². The van der Waals surface area contributed by atoms with E-state index in [9.17, 15) is 9.59 Å². The van der Waals surface area contributed by atoms with Crippen LogP contribution < -0.4 is 10.6 Å². The summed E-state index contributed by atoms with van der Waals surface area (Å²) >= 11 is 0. The summed E-state index contributed by atoms with van der Waals surface area (Å²) in [4.78, 5) is 28.4. The van der Waals surface area contributed by atoms with Gasteiger partial charge in [0.05, 0.1) is 0 Å². The van der Waals surface area contributed by atoms with Gasteiger partial charge in [-0.15, -0.1) is 0 Å². The average molecular weight is 408 g/mol. The second kappa shape index (κ2) is 7.44. The number of amides is 2. The fourth-order valence-electron chi connectivity index (χ4n) is 7.15. The van der Waals surface area contributed by atoms with Crippen LogP contribution in [0.3, 0.4) is 0 Å². The van der Waals surface area contributed by atoms with Crippen LogP contribution in [-0.4, -0.2) is 28.9 Å². The van der Waals surface area contributed by atoms with Crippen molar-refractivity contribution in [3.63, 3.8) is 0 Å². The van der Waals surface area contributed by atoms with Gasteiger partial charge >= 0.3 is 0 Å². The van der Waals surface area contributed by atoms with Crippen LogP contribution in [0.15, 0.2) is 30.5 Å². The summed E-state index contributed by atoms with van der Waals surface area (Å²) in [7, 11) is 0. The number of carbonyl (C=O) groups excluding carboxylic acids is 2. The number of aromatic nitrogens is 1. The third kappa shape index (κ3) is 3.52. The summed E-state index contributed by atoms with van der Waals surface area (Å²) in [5, 5.41) is 7.34. The molecule has 0 aliphatic heterocycles. The van der Waals surface area contributed by atoms with Gasteiger partial charge in [-0.25, -0.2) is 0 Å². The van der Waals surface area contributed by atoms with Crippen LogP contribution in [0, 0.1) is 23.2 Å². The highest BCUT2D eigenvalue weighted by molar-refractivity contribution is 5.89. The Morgan fingerprint density at radius 3 is 2.33 bits per heavy atom. The largest absolute Gasteiger partial charge is 0.361 e. The molecule has 3 N–H and O–H groups in total. The number of hydrogen-bond acceptors (Lipinski definition) is 2. The van der Waals surface area contributed by atoms with E-state index in [0.717, 1.165) is 34.2 Å². The normalized spacial score (nSPS) is 31.5. The molecule has 160 valence electrons. The lowest BCUT2D eigenvalue weighted by Crippen LogP contribution is -2.58. The van der Waals surface area contributed by atoms with E-state index in [4.69, 9.17) is 0 Å². The second-order valence-corrected chi connectivity index (χ2v) is 10.3. The lowest BCUT2D eigenvalue weighted by molar-refractivity contribution is -0.131. The Morgan fingerprint density at radius 2 is 1.70 bits per heavy atom. The van der Waals surface area contributed by atoms with Gasteiger partial charge in [0.25, 0.3) is 0 Å². The minimum absolute atomic E-state index is 0.0567. The fraction of sp³-hybridized carbons (Fsp3) is 0.600. The zero-order chi connectivity index (χ0) is 20.9. The van der Waals surface area contributed by atoms with E-state index in [1.165, 1.54) is 45.4 Å². The van der Waals surface area contributed by atoms with Crippen LogP contribution in [-0.2, 0) is 16.0 Å². The molecule has 2 aromatic rings. The average Bonchev–Trinajstić information content (AvgIpc) is 3.09. The van der Waals surface area contributed by atoms with E-state index in [1.54, 1.807) is 0 Å². The van der Waals surface area contributed by atoms with E-state index in [1.807, 2.05) is 24.4 Å². The summed E-state index contributed by atoms with van der Waals surface area (Å²) in [5.41, 5.74) is 2.37. The van der Waals surface area contributed by atoms with Crippen LogP contribution in [0.5, 0.6) is 0 Å². The van der Waals surface area contributed by atoms with Gasteiger partial charge in [0.2, 0.25) is 11.8 Å². The highest BCUT2D eigenvalue weighted by Crippen LogP contribution is 2.61. The first-order valence-corrected chi connectivity index (χ1v) is 11.5. The van der Waals surface area contributed by atoms with Crippen molar-refractivity contribution < 1.29 is 9.59 Å². The molecule has 0 radical (unpaired) electrons. The van der Waals surface area contributed by atoms with Crippen LogP contribution in [0.4, 0.5) is 0 Å². The Bertz CT molecular complexity index is 927. The van der Waals surface area contributed by atoms with Crippen molar-refractivity contribution in [2.75, 3.05) is 0 Å². The number of rotatable bonds is 6. The van der Waals surface area contributed by atoms with Gasteiger partial charge in [0.1, 0.15) is 6.04 Å². The summed E-state index contributed by atoms with van der Waals surface area (Å²) in [6.07, 6.45) is 10.4. The number of fused-ring (bicyclic) bond motifs is 1. The Hall–Kier alpha value is -2.30. The summed E-state index contributed by atoms with van der Waals surface area (Å²) < 4.78 is 0. The minimum Gasteiger partial charge on any atom is -0.361 e. The molecular weight excluding hydrogens is 374 g/mol. The van der Waals surface area contributed by atoms with Crippen molar-refractivity contribution in [1.82, 2.24) is 15.6 Å². The third-order valence-corrected chi connectivity index (χ3v) is 8.16. The van der Waals surface area contributed by atoms with Crippen LogP contribution in [0.2, 0.25) is 0 Å². The van der Waals surface area contributed by atoms with Crippen LogP contribution in [0.1, 0.15) is 57.9 Å². The summed E-state index contributed by atoms with van der Waals surface area (Å²) in [5.74, 6) is 2.34. The number of carbonyl (C=O) groups is 2. The van der Waals surface area contributed by atoms with E-state index in [2.05, 4.69) is 28.6 Å². The van der Waals surface area contributed by atoms with Gasteiger partial charge in [-0.2, -0.15) is 0 Å². The summed E-state index contributed by atoms with van der Waals surface area (Å²) in [6, 6.07) is 7.68. The lowest BCUT2D eigenvalue weighted by atomic mass is 9.48. The van der Waals surface area contributed by atoms with E-state index in [0.29, 0.717) is 6.42 Å². The van der Waals surface area contributed by atoms with Gasteiger partial charge in [-0.1, -0.05) is 18.2 Å². The number of H-pyrrole nitrogens is 1. The predicted octanol–water partition coefficient (Wildman–Crippen LogP) is 3.94. The maximum Gasteiger partial charge on any atom is 0.243 e. The number of benzene rings is 1. The molecule has 30 heavy (non-hydrogen) atoms. The molecule has 0 spiro atoms. The quantitative estimate of drug-likeness (QED) is 0.679. The molecule has 1 aromatic heterocycles. The molecule has 4 fully saturated rings. The molecule has 5 nitrogen and oxygen atoms in total. The fourth-order valence-corrected chi connectivity index (χ4v) is 7.15. The van der Waals surface area contributed by atoms with E-state index < -0.39 is 6.04 Å². The first-order chi connectivity index (χ1) is 14.4. The standard InChI is InChI=1S/C25H33N3O2/c1-15(25-11-17-7-18(12-25)9-19(8-17)13-25)27-24(30)23(28-16(2)29)10-20-14-26-22-6-4-3-5-21(20)22/h3-6,14-15,17-19,23,26H,7-13H2,1-2H3,(H,27,30)(H,28,29)/t15?,17?,18?,19?,23-,25?/m0/s1. The molecular formula is C25H33N3O2. The molecule has 5 heteroatoms. The third-order valence-electron chi connectivity index (χ3n) is 8.16. The van der Waals surface area contributed by atoms with Crippen molar-refractivity contribution in [1.29, 1.82) is 0 Å². The maximum atomic E-state index is 13.3. The van der Waals surface area contributed by atoms with Gasteiger partial charge in [0, 0.05) is 36.5 Å². The number of para-hydroxylation sites is 1. The molecule has 4 aliphatic carbocycles. The molecule has 1 unspecified atom stereocenters. The Morgan fingerprint density at radius 1 is 1.07 bits per heavy atom. The smallest absolute Gasteiger partial charge is 0.243 e. The van der Waals surface area contributed by atoms with Gasteiger partial charge in [-0.05, 0) is 80.2 Å². The highest BCUT2D eigenvalue weighted by Gasteiger charge is 2.53. The van der Waals surface area contributed by atoms with Gasteiger partial charge in [0.15, 0.2) is 0 Å².